The van der Waals surface area contributed by atoms with Gasteiger partial charge in [-0.25, -0.2) is 0 Å². The quantitative estimate of drug-likeness (QED) is 0.526. The van der Waals surface area contributed by atoms with Crippen LogP contribution in [0, 0.1) is 22.7 Å². The molecule has 0 aromatic heterocycles. The van der Waals surface area contributed by atoms with Crippen molar-refractivity contribution in [2.45, 2.75) is 6.92 Å². The molecule has 0 aliphatic heterocycles. The Hall–Kier alpha value is -2.33. The first-order chi connectivity index (χ1) is 6.61. The van der Waals surface area contributed by atoms with Crippen molar-refractivity contribution in [3.63, 3.8) is 0 Å². The Balaban J connectivity index is 3.56. The van der Waals surface area contributed by atoms with Gasteiger partial charge in [0.15, 0.2) is 5.78 Å². The molecule has 1 aromatic carbocycles. The van der Waals surface area contributed by atoms with E-state index in [1.165, 1.54) is 19.1 Å². The molecule has 0 unspecified atom stereocenters. The number of nitrogens with two attached hydrogens (primary N) is 1. The average Bonchev–Trinajstić information content (AvgIpc) is 2.17. The minimum atomic E-state index is -0.238. The van der Waals surface area contributed by atoms with Crippen molar-refractivity contribution >= 4 is 11.5 Å². The Labute approximate surface area is 81.2 Å². The van der Waals surface area contributed by atoms with Crippen LogP contribution in [0.25, 0.3) is 0 Å². The number of nitrogen functional groups attached to an aromatic ring is 1. The van der Waals surface area contributed by atoms with Gasteiger partial charge in [-0.05, 0) is 19.1 Å². The highest BCUT2D eigenvalue weighted by Gasteiger charge is 2.12. The van der Waals surface area contributed by atoms with Gasteiger partial charge >= 0.3 is 0 Å². The molecule has 68 valence electrons. The molecule has 4 heteroatoms. The number of hydrogen-bond acceptors (Lipinski definition) is 4. The van der Waals surface area contributed by atoms with Crippen LogP contribution >= 0.6 is 0 Å². The maximum absolute atomic E-state index is 11.1. The van der Waals surface area contributed by atoms with E-state index in [0.717, 1.165) is 0 Å². The molecule has 0 radical (unpaired) electrons. The summed E-state index contributed by atoms with van der Waals surface area (Å²) in [5.41, 5.74) is 6.17. The summed E-state index contributed by atoms with van der Waals surface area (Å²) in [5, 5.41) is 17.4. The van der Waals surface area contributed by atoms with E-state index in [4.69, 9.17) is 16.3 Å². The second-order valence-corrected chi connectivity index (χ2v) is 2.73. The number of Topliss-reactive ketones (excluding diaryl/α,β-unsaturated/α-hetero) is 1. The number of rotatable bonds is 1. The lowest BCUT2D eigenvalue weighted by Crippen LogP contribution is -2.03. The van der Waals surface area contributed by atoms with Gasteiger partial charge in [-0.1, -0.05) is 0 Å². The number of anilines is 1. The second kappa shape index (κ2) is 3.59. The fourth-order valence-electron chi connectivity index (χ4n) is 1.13. The van der Waals surface area contributed by atoms with E-state index >= 15 is 0 Å². The van der Waals surface area contributed by atoms with Crippen molar-refractivity contribution < 1.29 is 4.79 Å². The molecule has 0 spiro atoms. The Morgan fingerprint density at radius 2 is 2.00 bits per heavy atom. The van der Waals surface area contributed by atoms with E-state index in [1.54, 1.807) is 0 Å². The van der Waals surface area contributed by atoms with E-state index in [-0.39, 0.29) is 28.2 Å². The van der Waals surface area contributed by atoms with Crippen LogP contribution in [0.1, 0.15) is 28.4 Å². The summed E-state index contributed by atoms with van der Waals surface area (Å²) in [4.78, 5) is 11.1. The van der Waals surface area contributed by atoms with E-state index < -0.39 is 0 Å². The summed E-state index contributed by atoms with van der Waals surface area (Å²) in [6.07, 6.45) is 0. The highest BCUT2D eigenvalue weighted by atomic mass is 16.1. The molecule has 0 fully saturated rings. The van der Waals surface area contributed by atoms with Crippen LogP contribution in [-0.2, 0) is 0 Å². The van der Waals surface area contributed by atoms with Crippen molar-refractivity contribution in [2.75, 3.05) is 5.73 Å². The summed E-state index contributed by atoms with van der Waals surface area (Å²) >= 11 is 0. The minimum absolute atomic E-state index is 0.0719. The van der Waals surface area contributed by atoms with E-state index in [9.17, 15) is 4.79 Å². The summed E-state index contributed by atoms with van der Waals surface area (Å²) < 4.78 is 0. The molecular formula is C10H7N3O. The molecule has 1 rings (SSSR count). The molecule has 0 bridgehead atoms. The Morgan fingerprint density at radius 3 is 2.43 bits per heavy atom. The number of nitrogens with zero attached hydrogens (tertiary/aromatic N) is 2. The van der Waals surface area contributed by atoms with Gasteiger partial charge in [-0.3, -0.25) is 4.79 Å². The summed E-state index contributed by atoms with van der Waals surface area (Å²) in [6.45, 7) is 1.35. The first kappa shape index (κ1) is 9.76. The van der Waals surface area contributed by atoms with E-state index in [1.807, 2.05) is 12.1 Å². The summed E-state index contributed by atoms with van der Waals surface area (Å²) in [6, 6.07) is 6.55. The molecular weight excluding hydrogens is 178 g/mol. The first-order valence-corrected chi connectivity index (χ1v) is 3.85. The molecule has 0 aliphatic rings. The van der Waals surface area contributed by atoms with Crippen LogP contribution in [0.3, 0.4) is 0 Å². The minimum Gasteiger partial charge on any atom is -0.397 e. The third kappa shape index (κ3) is 1.41. The zero-order valence-electron chi connectivity index (χ0n) is 7.53. The number of ketones is 1. The average molecular weight is 185 g/mol. The molecule has 0 amide bonds. The largest absolute Gasteiger partial charge is 0.397 e. The lowest BCUT2D eigenvalue weighted by molar-refractivity contribution is 0.101. The summed E-state index contributed by atoms with van der Waals surface area (Å²) in [5.74, 6) is -0.238. The zero-order valence-corrected chi connectivity index (χ0v) is 7.53. The fourth-order valence-corrected chi connectivity index (χ4v) is 1.13. The molecule has 0 atom stereocenters. The van der Waals surface area contributed by atoms with Crippen molar-refractivity contribution in [3.05, 3.63) is 28.8 Å². The lowest BCUT2D eigenvalue weighted by atomic mass is 10.00. The van der Waals surface area contributed by atoms with Crippen LogP contribution in [0.2, 0.25) is 0 Å². The van der Waals surface area contributed by atoms with Gasteiger partial charge in [-0.2, -0.15) is 10.5 Å². The lowest BCUT2D eigenvalue weighted by Gasteiger charge is -2.03. The maximum atomic E-state index is 11.1. The molecule has 0 saturated carbocycles. The SMILES string of the molecule is CC(=O)c1ccc(C#N)c(N)c1C#N. The van der Waals surface area contributed by atoms with Crippen LogP contribution < -0.4 is 5.73 Å². The molecule has 0 saturated heterocycles. The molecule has 14 heavy (non-hydrogen) atoms. The highest BCUT2D eigenvalue weighted by Crippen LogP contribution is 2.20. The Bertz CT molecular complexity index is 477. The number of nitriles is 2. The topological polar surface area (TPSA) is 90.7 Å². The number of carbonyl (C=O) groups is 1. The predicted molar refractivity (Wildman–Crippen MR) is 50.3 cm³/mol. The fraction of sp³-hybridized carbons (Fsp3) is 0.100. The molecule has 0 aliphatic carbocycles. The Kier molecular flexibility index (Phi) is 2.50. The third-order valence-electron chi connectivity index (χ3n) is 1.86. The first-order valence-electron chi connectivity index (χ1n) is 3.85. The third-order valence-corrected chi connectivity index (χ3v) is 1.86. The normalized spacial score (nSPS) is 8.79. The second-order valence-electron chi connectivity index (χ2n) is 2.73. The van der Waals surface area contributed by atoms with Gasteiger partial charge in [0.1, 0.15) is 12.1 Å². The van der Waals surface area contributed by atoms with Gasteiger partial charge < -0.3 is 5.73 Å². The Morgan fingerprint density at radius 1 is 1.36 bits per heavy atom. The van der Waals surface area contributed by atoms with Gasteiger partial charge in [-0.15, -0.1) is 0 Å². The standard InChI is InChI=1S/C10H7N3O/c1-6(14)8-3-2-7(4-11)10(13)9(8)5-12/h2-3H,13H2,1H3. The monoisotopic (exact) mass is 185 g/mol. The van der Waals surface area contributed by atoms with Crippen LogP contribution in [0.4, 0.5) is 5.69 Å². The van der Waals surface area contributed by atoms with Crippen molar-refractivity contribution in [1.29, 1.82) is 10.5 Å². The number of benzene rings is 1. The molecule has 2 N–H and O–H groups in total. The molecule has 1 aromatic rings. The summed E-state index contributed by atoms with van der Waals surface area (Å²) in [7, 11) is 0. The van der Waals surface area contributed by atoms with Gasteiger partial charge in [0.05, 0.1) is 16.8 Å². The molecule has 0 heterocycles. The predicted octanol–water partition coefficient (Wildman–Crippen LogP) is 1.21. The van der Waals surface area contributed by atoms with E-state index in [2.05, 4.69) is 0 Å². The van der Waals surface area contributed by atoms with Crippen molar-refractivity contribution in [1.82, 2.24) is 0 Å². The van der Waals surface area contributed by atoms with Crippen LogP contribution in [0.15, 0.2) is 12.1 Å². The van der Waals surface area contributed by atoms with Crippen molar-refractivity contribution in [2.24, 2.45) is 0 Å². The van der Waals surface area contributed by atoms with Crippen LogP contribution in [-0.4, -0.2) is 5.78 Å². The van der Waals surface area contributed by atoms with Gasteiger partial charge in [0.25, 0.3) is 0 Å². The van der Waals surface area contributed by atoms with E-state index in [0.29, 0.717) is 0 Å². The smallest absolute Gasteiger partial charge is 0.161 e. The zero-order chi connectivity index (χ0) is 10.7. The van der Waals surface area contributed by atoms with Crippen molar-refractivity contribution in [3.8, 4) is 12.1 Å². The maximum Gasteiger partial charge on any atom is 0.161 e. The highest BCUT2D eigenvalue weighted by molar-refractivity contribution is 5.98. The van der Waals surface area contributed by atoms with Crippen LogP contribution in [0.5, 0.6) is 0 Å². The number of carbonyl (C=O) groups excluding carboxylic acids is 1. The van der Waals surface area contributed by atoms with Gasteiger partial charge in [0, 0.05) is 5.56 Å². The number of hydrogen-bond donors (Lipinski definition) is 1. The van der Waals surface area contributed by atoms with Gasteiger partial charge in [0.2, 0.25) is 0 Å². The molecule has 4 nitrogen and oxygen atoms in total.